The van der Waals surface area contributed by atoms with Crippen molar-refractivity contribution in [1.29, 1.82) is 0 Å². The van der Waals surface area contributed by atoms with Crippen molar-refractivity contribution in [3.8, 4) is 0 Å². The van der Waals surface area contributed by atoms with Gasteiger partial charge in [-0.15, -0.1) is 0 Å². The molecule has 0 aliphatic carbocycles. The van der Waals surface area contributed by atoms with E-state index >= 15 is 0 Å². The van der Waals surface area contributed by atoms with E-state index in [4.69, 9.17) is 0 Å². The molecular weight excluding hydrogens is 196 g/mol. The number of Topliss-reactive ketones (excluding diaryl/α,β-unsaturated/α-hetero) is 1. The molecule has 16 heavy (non-hydrogen) atoms. The third-order valence-electron chi connectivity index (χ3n) is 2.51. The van der Waals surface area contributed by atoms with Gasteiger partial charge in [0.25, 0.3) is 0 Å². The van der Waals surface area contributed by atoms with E-state index in [0.29, 0.717) is 18.3 Å². The second-order valence-electron chi connectivity index (χ2n) is 5.32. The van der Waals surface area contributed by atoms with E-state index in [0.717, 1.165) is 12.0 Å². The Morgan fingerprint density at radius 3 is 2.00 bits per heavy atom. The molecular formula is C15H22O. The molecule has 0 amide bonds. The van der Waals surface area contributed by atoms with Crippen molar-refractivity contribution in [1.82, 2.24) is 0 Å². The maximum Gasteiger partial charge on any atom is 0.163 e. The summed E-state index contributed by atoms with van der Waals surface area (Å²) in [5.74, 6) is 1.35. The Bertz CT molecular complexity index is 333. The molecule has 0 unspecified atom stereocenters. The summed E-state index contributed by atoms with van der Waals surface area (Å²) in [5.41, 5.74) is 2.16. The van der Waals surface area contributed by atoms with Crippen molar-refractivity contribution < 1.29 is 4.79 Å². The van der Waals surface area contributed by atoms with Crippen molar-refractivity contribution in [2.45, 2.75) is 40.5 Å². The predicted octanol–water partition coefficient (Wildman–Crippen LogP) is 4.11. The Hall–Kier alpha value is -1.11. The molecule has 1 aromatic rings. The molecule has 0 aliphatic rings. The van der Waals surface area contributed by atoms with Gasteiger partial charge in [-0.05, 0) is 23.8 Å². The fraction of sp³-hybridized carbons (Fsp3) is 0.533. The maximum absolute atomic E-state index is 11.8. The van der Waals surface area contributed by atoms with E-state index in [1.807, 2.05) is 12.1 Å². The molecule has 0 heterocycles. The second kappa shape index (κ2) is 5.83. The van der Waals surface area contributed by atoms with Gasteiger partial charge < -0.3 is 0 Å². The molecule has 0 saturated heterocycles. The number of carbonyl (C=O) groups excluding carboxylic acids is 1. The number of benzene rings is 1. The fourth-order valence-corrected chi connectivity index (χ4v) is 1.79. The lowest BCUT2D eigenvalue weighted by Gasteiger charge is -2.07. The van der Waals surface area contributed by atoms with E-state index in [9.17, 15) is 4.79 Å². The first-order chi connectivity index (χ1) is 7.49. The summed E-state index contributed by atoms with van der Waals surface area (Å²) >= 11 is 0. The molecule has 0 bridgehead atoms. The molecule has 0 spiro atoms. The van der Waals surface area contributed by atoms with Crippen LogP contribution in [0.25, 0.3) is 0 Å². The Balaban J connectivity index is 2.67. The minimum Gasteiger partial charge on any atom is -0.294 e. The maximum atomic E-state index is 11.8. The van der Waals surface area contributed by atoms with Gasteiger partial charge in [0.1, 0.15) is 0 Å². The zero-order valence-corrected chi connectivity index (χ0v) is 10.8. The van der Waals surface area contributed by atoms with Crippen molar-refractivity contribution in [3.05, 3.63) is 35.4 Å². The van der Waals surface area contributed by atoms with Gasteiger partial charge in [0.2, 0.25) is 0 Å². The lowest BCUT2D eigenvalue weighted by Crippen LogP contribution is -2.03. The Kier molecular flexibility index (Phi) is 4.72. The average Bonchev–Trinajstić information content (AvgIpc) is 2.16. The molecule has 1 nitrogen and oxygen atoms in total. The number of hydrogen-bond acceptors (Lipinski definition) is 1. The van der Waals surface area contributed by atoms with Crippen LogP contribution in [-0.4, -0.2) is 5.78 Å². The first-order valence-electron chi connectivity index (χ1n) is 6.11. The summed E-state index contributed by atoms with van der Waals surface area (Å²) in [4.78, 5) is 11.8. The van der Waals surface area contributed by atoms with Crippen LogP contribution in [0.15, 0.2) is 24.3 Å². The summed E-state index contributed by atoms with van der Waals surface area (Å²) in [5, 5.41) is 0. The van der Waals surface area contributed by atoms with Gasteiger partial charge in [-0.2, -0.15) is 0 Å². The summed E-state index contributed by atoms with van der Waals surface area (Å²) in [7, 11) is 0. The fourth-order valence-electron chi connectivity index (χ4n) is 1.79. The van der Waals surface area contributed by atoms with E-state index in [1.165, 1.54) is 5.56 Å². The Morgan fingerprint density at radius 1 is 1.00 bits per heavy atom. The standard InChI is InChI=1S/C15H22O/c1-11(2)9-13-5-7-14(8-6-13)15(16)10-12(3)4/h5-8,11-12H,9-10H2,1-4H3. The van der Waals surface area contributed by atoms with Gasteiger partial charge >= 0.3 is 0 Å². The zero-order valence-electron chi connectivity index (χ0n) is 10.8. The highest BCUT2D eigenvalue weighted by Gasteiger charge is 2.08. The van der Waals surface area contributed by atoms with Crippen LogP contribution in [0.1, 0.15) is 50.0 Å². The van der Waals surface area contributed by atoms with Crippen LogP contribution in [0.4, 0.5) is 0 Å². The van der Waals surface area contributed by atoms with Crippen LogP contribution in [0.2, 0.25) is 0 Å². The topological polar surface area (TPSA) is 17.1 Å². The van der Waals surface area contributed by atoms with Gasteiger partial charge in [0.05, 0.1) is 0 Å². The predicted molar refractivity (Wildman–Crippen MR) is 68.8 cm³/mol. The second-order valence-corrected chi connectivity index (χ2v) is 5.32. The molecule has 0 saturated carbocycles. The van der Waals surface area contributed by atoms with Gasteiger partial charge in [-0.3, -0.25) is 4.79 Å². The Labute approximate surface area is 98.9 Å². The van der Waals surface area contributed by atoms with E-state index < -0.39 is 0 Å². The SMILES string of the molecule is CC(C)CC(=O)c1ccc(CC(C)C)cc1. The van der Waals surface area contributed by atoms with Gasteiger partial charge in [-0.1, -0.05) is 52.0 Å². The quantitative estimate of drug-likeness (QED) is 0.680. The molecule has 1 rings (SSSR count). The molecule has 0 atom stereocenters. The van der Waals surface area contributed by atoms with Crippen LogP contribution in [0, 0.1) is 11.8 Å². The highest BCUT2D eigenvalue weighted by Crippen LogP contribution is 2.13. The summed E-state index contributed by atoms with van der Waals surface area (Å²) in [6, 6.07) is 8.08. The smallest absolute Gasteiger partial charge is 0.163 e. The van der Waals surface area contributed by atoms with Gasteiger partial charge in [-0.25, -0.2) is 0 Å². The largest absolute Gasteiger partial charge is 0.294 e. The van der Waals surface area contributed by atoms with E-state index in [1.54, 1.807) is 0 Å². The molecule has 1 aromatic carbocycles. The third kappa shape index (κ3) is 4.18. The van der Waals surface area contributed by atoms with Crippen LogP contribution in [0.5, 0.6) is 0 Å². The van der Waals surface area contributed by atoms with Crippen LogP contribution < -0.4 is 0 Å². The lowest BCUT2D eigenvalue weighted by atomic mass is 9.98. The van der Waals surface area contributed by atoms with Crippen LogP contribution >= 0.6 is 0 Å². The van der Waals surface area contributed by atoms with Crippen molar-refractivity contribution in [3.63, 3.8) is 0 Å². The minimum absolute atomic E-state index is 0.256. The average molecular weight is 218 g/mol. The van der Waals surface area contributed by atoms with Crippen molar-refractivity contribution in [2.75, 3.05) is 0 Å². The molecule has 0 fully saturated rings. The number of ketones is 1. The number of carbonyl (C=O) groups is 1. The monoisotopic (exact) mass is 218 g/mol. The molecule has 0 radical (unpaired) electrons. The molecule has 1 heteroatoms. The molecule has 0 aliphatic heterocycles. The third-order valence-corrected chi connectivity index (χ3v) is 2.51. The molecule has 0 aromatic heterocycles. The normalized spacial score (nSPS) is 11.1. The van der Waals surface area contributed by atoms with E-state index in [2.05, 4.69) is 39.8 Å². The number of hydrogen-bond donors (Lipinski definition) is 0. The zero-order chi connectivity index (χ0) is 12.1. The summed E-state index contributed by atoms with van der Waals surface area (Å²) < 4.78 is 0. The Morgan fingerprint density at radius 2 is 1.56 bits per heavy atom. The number of rotatable bonds is 5. The van der Waals surface area contributed by atoms with Gasteiger partial charge in [0, 0.05) is 12.0 Å². The first kappa shape index (κ1) is 13.0. The summed E-state index contributed by atoms with van der Waals surface area (Å²) in [6.07, 6.45) is 1.72. The first-order valence-corrected chi connectivity index (χ1v) is 6.11. The van der Waals surface area contributed by atoms with Crippen LogP contribution in [-0.2, 0) is 6.42 Å². The molecule has 0 N–H and O–H groups in total. The summed E-state index contributed by atoms with van der Waals surface area (Å²) in [6.45, 7) is 8.56. The van der Waals surface area contributed by atoms with E-state index in [-0.39, 0.29) is 5.78 Å². The molecule has 88 valence electrons. The lowest BCUT2D eigenvalue weighted by molar-refractivity contribution is 0.0968. The van der Waals surface area contributed by atoms with Crippen molar-refractivity contribution >= 4 is 5.78 Å². The minimum atomic E-state index is 0.256. The van der Waals surface area contributed by atoms with Gasteiger partial charge in [0.15, 0.2) is 5.78 Å². The highest BCUT2D eigenvalue weighted by molar-refractivity contribution is 5.96. The van der Waals surface area contributed by atoms with Crippen LogP contribution in [0.3, 0.4) is 0 Å². The van der Waals surface area contributed by atoms with Crippen molar-refractivity contribution in [2.24, 2.45) is 11.8 Å². The highest BCUT2D eigenvalue weighted by atomic mass is 16.1.